The van der Waals surface area contributed by atoms with Crippen molar-refractivity contribution in [1.82, 2.24) is 10.3 Å². The van der Waals surface area contributed by atoms with Crippen molar-refractivity contribution in [2.75, 3.05) is 0 Å². The quantitative estimate of drug-likeness (QED) is 0.931. The van der Waals surface area contributed by atoms with Gasteiger partial charge in [0.05, 0.1) is 11.6 Å². The number of nitrogens with one attached hydrogen (secondary N) is 1. The SMILES string of the molecule is CC(NCc1c(F)cc(C#N)cc1F)c1cccnc1. The van der Waals surface area contributed by atoms with Gasteiger partial charge in [0.2, 0.25) is 0 Å². The Morgan fingerprint density at radius 3 is 2.60 bits per heavy atom. The van der Waals surface area contributed by atoms with Crippen molar-refractivity contribution in [2.45, 2.75) is 19.5 Å². The first-order valence-electron chi connectivity index (χ1n) is 6.13. The van der Waals surface area contributed by atoms with E-state index in [1.165, 1.54) is 0 Å². The molecule has 0 radical (unpaired) electrons. The largest absolute Gasteiger partial charge is 0.306 e. The van der Waals surface area contributed by atoms with Gasteiger partial charge in [0, 0.05) is 30.5 Å². The molecule has 0 spiro atoms. The highest BCUT2D eigenvalue weighted by atomic mass is 19.1. The van der Waals surface area contributed by atoms with Gasteiger partial charge in [0.15, 0.2) is 0 Å². The number of benzene rings is 1. The van der Waals surface area contributed by atoms with Gasteiger partial charge in [-0.05, 0) is 30.7 Å². The van der Waals surface area contributed by atoms with Crippen LogP contribution >= 0.6 is 0 Å². The summed E-state index contributed by atoms with van der Waals surface area (Å²) in [6.07, 6.45) is 3.36. The van der Waals surface area contributed by atoms with Gasteiger partial charge < -0.3 is 5.32 Å². The van der Waals surface area contributed by atoms with Crippen molar-refractivity contribution in [3.8, 4) is 6.07 Å². The molecule has 0 aliphatic carbocycles. The molecule has 102 valence electrons. The van der Waals surface area contributed by atoms with Gasteiger partial charge >= 0.3 is 0 Å². The average molecular weight is 273 g/mol. The summed E-state index contributed by atoms with van der Waals surface area (Å²) in [5.41, 5.74) is 0.839. The molecule has 0 saturated carbocycles. The summed E-state index contributed by atoms with van der Waals surface area (Å²) in [5.74, 6) is -1.43. The molecule has 1 unspecified atom stereocenters. The van der Waals surface area contributed by atoms with Crippen LogP contribution in [-0.4, -0.2) is 4.98 Å². The van der Waals surface area contributed by atoms with Crippen LogP contribution in [0, 0.1) is 23.0 Å². The minimum Gasteiger partial charge on any atom is -0.306 e. The van der Waals surface area contributed by atoms with Crippen molar-refractivity contribution in [3.05, 3.63) is 65.0 Å². The van der Waals surface area contributed by atoms with E-state index in [4.69, 9.17) is 5.26 Å². The maximum atomic E-state index is 13.7. The summed E-state index contributed by atoms with van der Waals surface area (Å²) in [5, 5.41) is 11.7. The van der Waals surface area contributed by atoms with E-state index in [0.717, 1.165) is 17.7 Å². The molecule has 3 nitrogen and oxygen atoms in total. The predicted molar refractivity (Wildman–Crippen MR) is 70.6 cm³/mol. The molecule has 0 saturated heterocycles. The van der Waals surface area contributed by atoms with Crippen LogP contribution in [0.15, 0.2) is 36.7 Å². The van der Waals surface area contributed by atoms with E-state index >= 15 is 0 Å². The summed E-state index contributed by atoms with van der Waals surface area (Å²) >= 11 is 0. The van der Waals surface area contributed by atoms with Crippen molar-refractivity contribution < 1.29 is 8.78 Å². The molecule has 1 N–H and O–H groups in total. The fourth-order valence-electron chi connectivity index (χ4n) is 1.84. The van der Waals surface area contributed by atoms with Gasteiger partial charge in [-0.3, -0.25) is 4.98 Å². The van der Waals surface area contributed by atoms with Crippen molar-refractivity contribution >= 4 is 0 Å². The molecule has 0 bridgehead atoms. The molecule has 5 heteroatoms. The number of nitriles is 1. The third-order valence-electron chi connectivity index (χ3n) is 3.04. The third-order valence-corrected chi connectivity index (χ3v) is 3.04. The number of pyridine rings is 1. The highest BCUT2D eigenvalue weighted by molar-refractivity contribution is 5.34. The first-order valence-corrected chi connectivity index (χ1v) is 6.13. The molecule has 20 heavy (non-hydrogen) atoms. The lowest BCUT2D eigenvalue weighted by Crippen LogP contribution is -2.20. The fraction of sp³-hybridized carbons (Fsp3) is 0.200. The molecule has 1 atom stereocenters. The smallest absolute Gasteiger partial charge is 0.131 e. The second kappa shape index (κ2) is 6.22. The van der Waals surface area contributed by atoms with E-state index in [2.05, 4.69) is 10.3 Å². The second-order valence-corrected chi connectivity index (χ2v) is 4.42. The van der Waals surface area contributed by atoms with E-state index in [0.29, 0.717) is 0 Å². The Kier molecular flexibility index (Phi) is 4.38. The highest BCUT2D eigenvalue weighted by Gasteiger charge is 2.13. The number of rotatable bonds is 4. The zero-order chi connectivity index (χ0) is 14.5. The van der Waals surface area contributed by atoms with Crippen LogP contribution in [0.1, 0.15) is 29.7 Å². The lowest BCUT2D eigenvalue weighted by atomic mass is 10.1. The number of hydrogen-bond acceptors (Lipinski definition) is 3. The number of aromatic nitrogens is 1. The summed E-state index contributed by atoms with van der Waals surface area (Å²) in [7, 11) is 0. The van der Waals surface area contributed by atoms with Crippen molar-refractivity contribution in [3.63, 3.8) is 0 Å². The van der Waals surface area contributed by atoms with E-state index in [1.807, 2.05) is 13.0 Å². The van der Waals surface area contributed by atoms with Crippen LogP contribution in [0.5, 0.6) is 0 Å². The Morgan fingerprint density at radius 2 is 2.05 bits per heavy atom. The fourth-order valence-corrected chi connectivity index (χ4v) is 1.84. The van der Waals surface area contributed by atoms with E-state index in [1.54, 1.807) is 24.5 Å². The Morgan fingerprint density at radius 1 is 1.35 bits per heavy atom. The molecule has 2 rings (SSSR count). The topological polar surface area (TPSA) is 48.7 Å². The monoisotopic (exact) mass is 273 g/mol. The first kappa shape index (κ1) is 14.1. The molecule has 0 amide bonds. The zero-order valence-corrected chi connectivity index (χ0v) is 10.9. The predicted octanol–water partition coefficient (Wildman–Crippen LogP) is 3.08. The van der Waals surface area contributed by atoms with Crippen LogP contribution in [-0.2, 0) is 6.54 Å². The molecule has 0 fully saturated rings. The molecule has 0 aliphatic rings. The standard InChI is InChI=1S/C15H13F2N3/c1-10(12-3-2-4-19-8-12)20-9-13-14(16)5-11(7-18)6-15(13)17/h2-6,8,10,20H,9H2,1H3. The molecule has 1 heterocycles. The number of halogens is 2. The molecule has 2 aromatic rings. The maximum Gasteiger partial charge on any atom is 0.131 e. The Labute approximate surface area is 115 Å². The van der Waals surface area contributed by atoms with Crippen molar-refractivity contribution in [1.29, 1.82) is 5.26 Å². The lowest BCUT2D eigenvalue weighted by Gasteiger charge is -2.14. The number of hydrogen-bond donors (Lipinski definition) is 1. The van der Waals surface area contributed by atoms with Crippen LogP contribution in [0.2, 0.25) is 0 Å². The zero-order valence-electron chi connectivity index (χ0n) is 10.9. The van der Waals surface area contributed by atoms with Crippen LogP contribution < -0.4 is 5.32 Å². The van der Waals surface area contributed by atoms with Crippen LogP contribution in [0.3, 0.4) is 0 Å². The van der Waals surface area contributed by atoms with Gasteiger partial charge in [-0.2, -0.15) is 5.26 Å². The van der Waals surface area contributed by atoms with Gasteiger partial charge in [-0.25, -0.2) is 8.78 Å². The van der Waals surface area contributed by atoms with Gasteiger partial charge in [0.1, 0.15) is 11.6 Å². The van der Waals surface area contributed by atoms with Gasteiger partial charge in [-0.15, -0.1) is 0 Å². The van der Waals surface area contributed by atoms with E-state index in [9.17, 15) is 8.78 Å². The summed E-state index contributed by atoms with van der Waals surface area (Å²) < 4.78 is 27.4. The molecular weight excluding hydrogens is 260 g/mol. The van der Waals surface area contributed by atoms with Gasteiger partial charge in [-0.1, -0.05) is 6.07 Å². The minimum absolute atomic E-state index is 0.0240. The molecule has 1 aromatic heterocycles. The van der Waals surface area contributed by atoms with Gasteiger partial charge in [0.25, 0.3) is 0 Å². The Bertz CT molecular complexity index is 612. The van der Waals surface area contributed by atoms with Crippen LogP contribution in [0.4, 0.5) is 8.78 Å². The average Bonchev–Trinajstić information content (AvgIpc) is 2.46. The first-order chi connectivity index (χ1) is 9.61. The Hall–Kier alpha value is -2.32. The number of nitrogens with zero attached hydrogens (tertiary/aromatic N) is 2. The second-order valence-electron chi connectivity index (χ2n) is 4.42. The van der Waals surface area contributed by atoms with Crippen molar-refractivity contribution in [2.24, 2.45) is 0 Å². The normalized spacial score (nSPS) is 11.9. The summed E-state index contributed by atoms with van der Waals surface area (Å²) in [4.78, 5) is 3.99. The van der Waals surface area contributed by atoms with Crippen LogP contribution in [0.25, 0.3) is 0 Å². The Balaban J connectivity index is 2.10. The summed E-state index contributed by atoms with van der Waals surface area (Å²) in [6, 6.07) is 7.39. The molecule has 1 aromatic carbocycles. The minimum atomic E-state index is -0.715. The molecular formula is C15H13F2N3. The lowest BCUT2D eigenvalue weighted by molar-refractivity contribution is 0.508. The van der Waals surface area contributed by atoms with E-state index in [-0.39, 0.29) is 23.7 Å². The maximum absolute atomic E-state index is 13.7. The van der Waals surface area contributed by atoms with E-state index < -0.39 is 11.6 Å². The highest BCUT2D eigenvalue weighted by Crippen LogP contribution is 2.17. The third kappa shape index (κ3) is 3.16. The molecule has 0 aliphatic heterocycles. The summed E-state index contributed by atoms with van der Waals surface area (Å²) in [6.45, 7) is 1.93.